The lowest BCUT2D eigenvalue weighted by molar-refractivity contribution is -0.112. The van der Waals surface area contributed by atoms with E-state index in [1.807, 2.05) is 37.3 Å². The molecular formula is C31H23Cl3N2O3. The lowest BCUT2D eigenvalue weighted by Crippen LogP contribution is -2.13. The second-order valence-corrected chi connectivity index (χ2v) is 9.91. The molecular weight excluding hydrogens is 555 g/mol. The lowest BCUT2D eigenvalue weighted by Gasteiger charge is -2.12. The van der Waals surface area contributed by atoms with Crippen molar-refractivity contribution in [2.75, 3.05) is 5.32 Å². The maximum atomic E-state index is 12.9. The molecule has 5 nitrogen and oxygen atoms in total. The van der Waals surface area contributed by atoms with E-state index in [9.17, 15) is 10.1 Å². The molecule has 196 valence electrons. The van der Waals surface area contributed by atoms with Gasteiger partial charge >= 0.3 is 0 Å². The van der Waals surface area contributed by atoms with Gasteiger partial charge in [0.1, 0.15) is 36.4 Å². The number of amides is 1. The van der Waals surface area contributed by atoms with Crippen LogP contribution in [0.2, 0.25) is 15.1 Å². The van der Waals surface area contributed by atoms with Gasteiger partial charge in [0.2, 0.25) is 0 Å². The zero-order valence-corrected chi connectivity index (χ0v) is 23.1. The molecule has 0 radical (unpaired) electrons. The van der Waals surface area contributed by atoms with Crippen LogP contribution < -0.4 is 14.8 Å². The number of hydrogen-bond acceptors (Lipinski definition) is 4. The maximum Gasteiger partial charge on any atom is 0.266 e. The number of rotatable bonds is 9. The first kappa shape index (κ1) is 28.1. The summed E-state index contributed by atoms with van der Waals surface area (Å²) in [6.45, 7) is 2.62. The number of hydrogen-bond donors (Lipinski definition) is 1. The van der Waals surface area contributed by atoms with Gasteiger partial charge in [0, 0.05) is 31.9 Å². The molecule has 39 heavy (non-hydrogen) atoms. The van der Waals surface area contributed by atoms with E-state index < -0.39 is 5.91 Å². The van der Waals surface area contributed by atoms with Crippen molar-refractivity contribution in [3.05, 3.63) is 128 Å². The van der Waals surface area contributed by atoms with Gasteiger partial charge in [-0.1, -0.05) is 70.7 Å². The first-order valence-corrected chi connectivity index (χ1v) is 13.0. The Balaban J connectivity index is 1.43. The summed E-state index contributed by atoms with van der Waals surface area (Å²) in [6, 6.07) is 27.0. The van der Waals surface area contributed by atoms with Crippen LogP contribution in [0.15, 0.2) is 90.5 Å². The number of nitrogens with zero attached hydrogens (tertiary/aromatic N) is 1. The predicted molar refractivity (Wildman–Crippen MR) is 156 cm³/mol. The lowest BCUT2D eigenvalue weighted by atomic mass is 10.1. The van der Waals surface area contributed by atoms with E-state index in [-0.39, 0.29) is 12.2 Å². The smallest absolute Gasteiger partial charge is 0.266 e. The van der Waals surface area contributed by atoms with Gasteiger partial charge in [-0.15, -0.1) is 0 Å². The molecule has 0 saturated carbocycles. The van der Waals surface area contributed by atoms with Crippen LogP contribution in [0.25, 0.3) is 6.08 Å². The molecule has 4 aromatic carbocycles. The normalized spacial score (nSPS) is 11.0. The Labute approximate surface area is 242 Å². The quantitative estimate of drug-likeness (QED) is 0.160. The largest absolute Gasteiger partial charge is 0.489 e. The summed E-state index contributed by atoms with van der Waals surface area (Å²) in [6.07, 6.45) is 1.43. The van der Waals surface area contributed by atoms with Crippen molar-refractivity contribution < 1.29 is 14.3 Å². The number of carbonyl (C=O) groups is 1. The minimum absolute atomic E-state index is 0.119. The summed E-state index contributed by atoms with van der Waals surface area (Å²) in [5.74, 6) is 0.518. The molecule has 0 aliphatic carbocycles. The van der Waals surface area contributed by atoms with Crippen molar-refractivity contribution in [2.24, 2.45) is 0 Å². The van der Waals surface area contributed by atoms with Crippen molar-refractivity contribution >= 4 is 52.5 Å². The third-order valence-electron chi connectivity index (χ3n) is 5.67. The Morgan fingerprint density at radius 1 is 0.872 bits per heavy atom. The minimum atomic E-state index is -0.572. The first-order valence-electron chi connectivity index (χ1n) is 11.9. The SMILES string of the molecule is Cc1ccc(COc2ccc(NC(=O)/C(C#N)=C/c3cc(Cl)ccc3OCc3ccc(Cl)cc3Cl)cc2)cc1. The summed E-state index contributed by atoms with van der Waals surface area (Å²) in [5, 5.41) is 13.9. The van der Waals surface area contributed by atoms with Gasteiger partial charge in [-0.3, -0.25) is 4.79 Å². The van der Waals surface area contributed by atoms with Crippen LogP contribution in [0.5, 0.6) is 11.5 Å². The zero-order valence-electron chi connectivity index (χ0n) is 20.9. The zero-order chi connectivity index (χ0) is 27.8. The summed E-state index contributed by atoms with van der Waals surface area (Å²) >= 11 is 18.4. The highest BCUT2D eigenvalue weighted by molar-refractivity contribution is 6.35. The Hall–Kier alpha value is -3.95. The van der Waals surface area contributed by atoms with Crippen molar-refractivity contribution in [3.63, 3.8) is 0 Å². The number of nitrogens with one attached hydrogen (secondary N) is 1. The van der Waals surface area contributed by atoms with Gasteiger partial charge in [0.25, 0.3) is 5.91 Å². The molecule has 0 spiro atoms. The molecule has 1 amide bonds. The van der Waals surface area contributed by atoms with Crippen LogP contribution in [-0.2, 0) is 18.0 Å². The summed E-state index contributed by atoms with van der Waals surface area (Å²) in [4.78, 5) is 12.9. The number of ether oxygens (including phenoxy) is 2. The van der Waals surface area contributed by atoms with Gasteiger partial charge in [-0.05, 0) is 73.2 Å². The van der Waals surface area contributed by atoms with Crippen LogP contribution in [0, 0.1) is 18.3 Å². The van der Waals surface area contributed by atoms with E-state index in [0.717, 1.165) is 11.1 Å². The predicted octanol–water partition coefficient (Wildman–Crippen LogP) is 8.66. The van der Waals surface area contributed by atoms with Crippen LogP contribution in [0.1, 0.15) is 22.3 Å². The molecule has 0 fully saturated rings. The van der Waals surface area contributed by atoms with Gasteiger partial charge in [0.15, 0.2) is 0 Å². The van der Waals surface area contributed by atoms with Crippen LogP contribution in [0.4, 0.5) is 5.69 Å². The van der Waals surface area contributed by atoms with E-state index in [2.05, 4.69) is 5.32 Å². The highest BCUT2D eigenvalue weighted by Crippen LogP contribution is 2.28. The highest BCUT2D eigenvalue weighted by atomic mass is 35.5. The molecule has 4 rings (SSSR count). The number of carbonyl (C=O) groups excluding carboxylic acids is 1. The van der Waals surface area contributed by atoms with Crippen molar-refractivity contribution in [3.8, 4) is 17.6 Å². The van der Waals surface area contributed by atoms with E-state index in [1.54, 1.807) is 60.7 Å². The summed E-state index contributed by atoms with van der Waals surface area (Å²) in [5.41, 5.74) is 3.85. The molecule has 0 aliphatic rings. The number of nitriles is 1. The Morgan fingerprint density at radius 3 is 2.26 bits per heavy atom. The molecule has 0 unspecified atom stereocenters. The van der Waals surface area contributed by atoms with Gasteiger partial charge in [0.05, 0.1) is 0 Å². The fourth-order valence-electron chi connectivity index (χ4n) is 3.55. The number of halogens is 3. The van der Waals surface area contributed by atoms with E-state index in [1.165, 1.54) is 11.6 Å². The van der Waals surface area contributed by atoms with E-state index in [4.69, 9.17) is 44.3 Å². The maximum absolute atomic E-state index is 12.9. The molecule has 1 N–H and O–H groups in total. The molecule has 0 heterocycles. The van der Waals surface area contributed by atoms with Crippen LogP contribution in [0.3, 0.4) is 0 Å². The summed E-state index contributed by atoms with van der Waals surface area (Å²) < 4.78 is 11.7. The molecule has 4 aromatic rings. The fourth-order valence-corrected chi connectivity index (χ4v) is 4.19. The van der Waals surface area contributed by atoms with Gasteiger partial charge in [-0.2, -0.15) is 5.26 Å². The average Bonchev–Trinajstić information content (AvgIpc) is 2.92. The first-order chi connectivity index (χ1) is 18.8. The van der Waals surface area contributed by atoms with Crippen molar-refractivity contribution in [1.29, 1.82) is 5.26 Å². The van der Waals surface area contributed by atoms with Crippen LogP contribution >= 0.6 is 34.8 Å². The molecule has 0 saturated heterocycles. The molecule has 8 heteroatoms. The van der Waals surface area contributed by atoms with Gasteiger partial charge in [-0.25, -0.2) is 0 Å². The third kappa shape index (κ3) is 8.02. The molecule has 0 atom stereocenters. The number of anilines is 1. The minimum Gasteiger partial charge on any atom is -0.489 e. The Morgan fingerprint density at radius 2 is 1.56 bits per heavy atom. The number of aryl methyl sites for hydroxylation is 1. The second-order valence-electron chi connectivity index (χ2n) is 8.63. The molecule has 0 aliphatic heterocycles. The fraction of sp³-hybridized carbons (Fsp3) is 0.0968. The second kappa shape index (κ2) is 13.2. The molecule has 0 aromatic heterocycles. The van der Waals surface area contributed by atoms with E-state index >= 15 is 0 Å². The van der Waals surface area contributed by atoms with E-state index in [0.29, 0.717) is 44.4 Å². The van der Waals surface area contributed by atoms with Gasteiger partial charge < -0.3 is 14.8 Å². The Bertz CT molecular complexity index is 1540. The monoisotopic (exact) mass is 576 g/mol. The summed E-state index contributed by atoms with van der Waals surface area (Å²) in [7, 11) is 0. The Kier molecular flexibility index (Phi) is 9.51. The van der Waals surface area contributed by atoms with Crippen molar-refractivity contribution in [1.82, 2.24) is 0 Å². The highest BCUT2D eigenvalue weighted by Gasteiger charge is 2.13. The van der Waals surface area contributed by atoms with Crippen LogP contribution in [-0.4, -0.2) is 5.91 Å². The standard InChI is InChI=1S/C31H23Cl3N2O3/c1-20-2-4-21(5-3-20)18-38-28-11-9-27(10-12-28)36-31(37)24(17-35)14-23-15-25(32)8-13-30(23)39-19-22-6-7-26(33)16-29(22)34/h2-16H,18-19H2,1H3,(H,36,37)/b24-14+. The average molecular weight is 578 g/mol. The van der Waals surface area contributed by atoms with Crippen molar-refractivity contribution in [2.45, 2.75) is 20.1 Å². The molecule has 0 bridgehead atoms. The number of benzene rings is 4. The topological polar surface area (TPSA) is 71.3 Å². The third-order valence-corrected chi connectivity index (χ3v) is 6.50.